The molecule has 0 spiro atoms. The first-order chi connectivity index (χ1) is 9.99. The molecule has 0 atom stereocenters. The summed E-state index contributed by atoms with van der Waals surface area (Å²) in [4.78, 5) is 33.7. The molecule has 118 valence electrons. The van der Waals surface area contributed by atoms with Crippen molar-refractivity contribution in [1.82, 2.24) is 16.2 Å². The van der Waals surface area contributed by atoms with E-state index in [-0.39, 0.29) is 17.6 Å². The maximum Gasteiger partial charge on any atom is 0.330 e. The molecule has 0 radical (unpaired) electrons. The molecule has 0 aromatic rings. The zero-order chi connectivity index (χ0) is 16.1. The second kappa shape index (κ2) is 11.8. The number of hydrogen-bond donors (Lipinski definition) is 3. The van der Waals surface area contributed by atoms with Gasteiger partial charge in [-0.05, 0) is 25.6 Å². The van der Waals surface area contributed by atoms with E-state index in [0.29, 0.717) is 6.42 Å². The van der Waals surface area contributed by atoms with Gasteiger partial charge < -0.3 is 4.74 Å². The number of hydrazine groups is 1. The van der Waals surface area contributed by atoms with Gasteiger partial charge in [0, 0.05) is 18.6 Å². The third kappa shape index (κ3) is 11.6. The molecule has 21 heavy (non-hydrogen) atoms. The first kappa shape index (κ1) is 19.0. The average molecular weight is 315 g/mol. The van der Waals surface area contributed by atoms with Crippen molar-refractivity contribution in [3.63, 3.8) is 0 Å². The molecule has 0 saturated heterocycles. The highest BCUT2D eigenvalue weighted by molar-refractivity contribution is 7.80. The summed E-state index contributed by atoms with van der Waals surface area (Å²) >= 11 is 4.81. The Balaban J connectivity index is 3.90. The molecule has 3 N–H and O–H groups in total. The summed E-state index contributed by atoms with van der Waals surface area (Å²) in [7, 11) is 0. The summed E-state index contributed by atoms with van der Waals surface area (Å²) in [6.07, 6.45) is 5.18. The third-order valence-corrected chi connectivity index (χ3v) is 2.42. The van der Waals surface area contributed by atoms with Crippen LogP contribution in [0.2, 0.25) is 0 Å². The summed E-state index contributed by atoms with van der Waals surface area (Å²) in [5.74, 6) is -1.42. The molecule has 0 rings (SSSR count). The van der Waals surface area contributed by atoms with E-state index >= 15 is 0 Å². The molecule has 0 fully saturated rings. The molecular formula is C13H21N3O4S. The summed E-state index contributed by atoms with van der Waals surface area (Å²) in [5.41, 5.74) is 4.77. The quantitative estimate of drug-likeness (QED) is 0.210. The van der Waals surface area contributed by atoms with Crippen LogP contribution in [0.1, 0.15) is 39.5 Å². The van der Waals surface area contributed by atoms with Crippen molar-refractivity contribution in [3.05, 3.63) is 12.2 Å². The lowest BCUT2D eigenvalue weighted by molar-refractivity contribution is -0.137. The van der Waals surface area contributed by atoms with Gasteiger partial charge in [-0.1, -0.05) is 19.8 Å². The van der Waals surface area contributed by atoms with Crippen molar-refractivity contribution < 1.29 is 19.1 Å². The second-order valence-corrected chi connectivity index (χ2v) is 4.44. The summed E-state index contributed by atoms with van der Waals surface area (Å²) in [5, 5.41) is 2.21. The average Bonchev–Trinajstić information content (AvgIpc) is 2.43. The molecule has 2 amide bonds. The molecule has 7 nitrogen and oxygen atoms in total. The monoisotopic (exact) mass is 315 g/mol. The number of amides is 2. The van der Waals surface area contributed by atoms with Gasteiger partial charge in [-0.15, -0.1) is 0 Å². The Bertz CT molecular complexity index is 410. The molecule has 8 heteroatoms. The lowest BCUT2D eigenvalue weighted by Crippen LogP contribution is -2.48. The zero-order valence-electron chi connectivity index (χ0n) is 12.2. The molecule has 0 aliphatic carbocycles. The second-order valence-electron chi connectivity index (χ2n) is 4.03. The van der Waals surface area contributed by atoms with Crippen LogP contribution in [0, 0.1) is 0 Å². The zero-order valence-corrected chi connectivity index (χ0v) is 13.0. The fourth-order valence-electron chi connectivity index (χ4n) is 1.24. The van der Waals surface area contributed by atoms with Crippen molar-refractivity contribution in [3.8, 4) is 0 Å². The van der Waals surface area contributed by atoms with Gasteiger partial charge in [0.2, 0.25) is 11.8 Å². The van der Waals surface area contributed by atoms with Gasteiger partial charge in [0.05, 0.1) is 6.61 Å². The Morgan fingerprint density at radius 1 is 1.10 bits per heavy atom. The van der Waals surface area contributed by atoms with E-state index in [2.05, 4.69) is 20.9 Å². The van der Waals surface area contributed by atoms with E-state index in [1.165, 1.54) is 0 Å². The smallest absolute Gasteiger partial charge is 0.330 e. The normalized spacial score (nSPS) is 10.0. The fraction of sp³-hybridized carbons (Fsp3) is 0.538. The standard InChI is InChI=1S/C13H21N3O4S/c1-3-5-6-7-11(18)15-16-13(21)14-10(17)8-9-12(19)20-4-2/h8-9H,3-7H2,1-2H3,(H,15,18)(H2,14,16,17,21)/b9-8+. The van der Waals surface area contributed by atoms with Gasteiger partial charge in [0.15, 0.2) is 5.11 Å². The maximum absolute atomic E-state index is 11.4. The number of unbranched alkanes of at least 4 members (excludes halogenated alkanes) is 2. The minimum absolute atomic E-state index is 0.0580. The number of carbonyl (C=O) groups is 3. The Morgan fingerprint density at radius 3 is 2.43 bits per heavy atom. The molecule has 0 aliphatic heterocycles. The van der Waals surface area contributed by atoms with Gasteiger partial charge >= 0.3 is 5.97 Å². The number of rotatable bonds is 7. The summed E-state index contributed by atoms with van der Waals surface area (Å²) in [6.45, 7) is 3.94. The van der Waals surface area contributed by atoms with Gasteiger partial charge in [-0.2, -0.15) is 0 Å². The first-order valence-electron chi connectivity index (χ1n) is 6.74. The van der Waals surface area contributed by atoms with Crippen LogP contribution in [0.3, 0.4) is 0 Å². The van der Waals surface area contributed by atoms with Crippen molar-refractivity contribution in [2.24, 2.45) is 0 Å². The van der Waals surface area contributed by atoms with E-state index < -0.39 is 11.9 Å². The highest BCUT2D eigenvalue weighted by Gasteiger charge is 2.04. The molecule has 0 saturated carbocycles. The van der Waals surface area contributed by atoms with Crippen LogP contribution in [-0.2, 0) is 19.1 Å². The first-order valence-corrected chi connectivity index (χ1v) is 7.15. The van der Waals surface area contributed by atoms with Gasteiger partial charge in [0.25, 0.3) is 0 Å². The number of esters is 1. The minimum Gasteiger partial charge on any atom is -0.463 e. The SMILES string of the molecule is CCCCCC(=O)NNC(=S)NC(=O)/C=C/C(=O)OCC. The van der Waals surface area contributed by atoms with E-state index in [4.69, 9.17) is 12.2 Å². The van der Waals surface area contributed by atoms with Crippen LogP contribution in [0.4, 0.5) is 0 Å². The molecule has 0 bridgehead atoms. The van der Waals surface area contributed by atoms with Gasteiger partial charge in [-0.3, -0.25) is 25.8 Å². The third-order valence-electron chi connectivity index (χ3n) is 2.22. The highest BCUT2D eigenvalue weighted by atomic mass is 32.1. The summed E-state index contributed by atoms with van der Waals surface area (Å²) in [6, 6.07) is 0. The van der Waals surface area contributed by atoms with Gasteiger partial charge in [-0.25, -0.2) is 4.79 Å². The number of hydrogen-bond acceptors (Lipinski definition) is 5. The van der Waals surface area contributed by atoms with Crippen LogP contribution in [0.25, 0.3) is 0 Å². The van der Waals surface area contributed by atoms with E-state index in [9.17, 15) is 14.4 Å². The Hall–Kier alpha value is -1.96. The molecule has 0 aromatic carbocycles. The lowest BCUT2D eigenvalue weighted by atomic mass is 10.2. The molecule has 0 heterocycles. The van der Waals surface area contributed by atoms with Gasteiger partial charge in [0.1, 0.15) is 0 Å². The van der Waals surface area contributed by atoms with Crippen molar-refractivity contribution >= 4 is 35.1 Å². The van der Waals surface area contributed by atoms with Crippen molar-refractivity contribution in [2.45, 2.75) is 39.5 Å². The number of thiocarbonyl (C=S) groups is 1. The van der Waals surface area contributed by atoms with Crippen LogP contribution < -0.4 is 16.2 Å². The van der Waals surface area contributed by atoms with E-state index in [1.54, 1.807) is 6.92 Å². The number of ether oxygens (including phenoxy) is 1. The largest absolute Gasteiger partial charge is 0.463 e. The maximum atomic E-state index is 11.4. The van der Waals surface area contributed by atoms with Crippen LogP contribution in [-0.4, -0.2) is 29.5 Å². The molecular weight excluding hydrogens is 294 g/mol. The van der Waals surface area contributed by atoms with Crippen molar-refractivity contribution in [1.29, 1.82) is 0 Å². The number of nitrogens with one attached hydrogen (secondary N) is 3. The van der Waals surface area contributed by atoms with E-state index in [0.717, 1.165) is 31.4 Å². The predicted octanol–water partition coefficient (Wildman–Crippen LogP) is 0.708. The van der Waals surface area contributed by atoms with Crippen LogP contribution in [0.15, 0.2) is 12.2 Å². The topological polar surface area (TPSA) is 96.5 Å². The summed E-state index contributed by atoms with van der Waals surface area (Å²) < 4.78 is 4.61. The highest BCUT2D eigenvalue weighted by Crippen LogP contribution is 1.97. The lowest BCUT2D eigenvalue weighted by Gasteiger charge is -2.09. The van der Waals surface area contributed by atoms with Crippen molar-refractivity contribution in [2.75, 3.05) is 6.61 Å². The van der Waals surface area contributed by atoms with Crippen LogP contribution >= 0.6 is 12.2 Å². The minimum atomic E-state index is -0.615. The Kier molecular flexibility index (Phi) is 10.7. The van der Waals surface area contributed by atoms with Crippen LogP contribution in [0.5, 0.6) is 0 Å². The van der Waals surface area contributed by atoms with E-state index in [1.807, 2.05) is 6.92 Å². The Labute approximate surface area is 129 Å². The predicted molar refractivity (Wildman–Crippen MR) is 81.9 cm³/mol. The molecule has 0 aliphatic rings. The fourth-order valence-corrected chi connectivity index (χ4v) is 1.40. The molecule has 0 aromatic heterocycles. The molecule has 0 unspecified atom stereocenters. The number of carbonyl (C=O) groups excluding carboxylic acids is 3. The Morgan fingerprint density at radius 2 is 1.81 bits per heavy atom.